The Balaban J connectivity index is 2.34. The highest BCUT2D eigenvalue weighted by molar-refractivity contribution is 7.80. The van der Waals surface area contributed by atoms with E-state index in [1.165, 1.54) is 12.1 Å². The Morgan fingerprint density at radius 1 is 1.38 bits per heavy atom. The molecular weight excluding hydrogens is 227 g/mol. The van der Waals surface area contributed by atoms with Gasteiger partial charge in [-0.15, -0.1) is 0 Å². The molecule has 1 aliphatic rings. The number of carbonyl (C=O) groups excluding carboxylic acids is 1. The molecule has 0 spiro atoms. The fraction of sp³-hybridized carbons (Fsp3) is 0.0909. The van der Waals surface area contributed by atoms with E-state index in [1.807, 2.05) is 0 Å². The number of nitrogens with one attached hydrogen (secondary N) is 1. The number of likely N-dealkylation sites (N-methyl/N-ethyl adjacent to an activating group) is 1. The van der Waals surface area contributed by atoms with Crippen LogP contribution in [0.2, 0.25) is 0 Å². The number of halogens is 1. The van der Waals surface area contributed by atoms with E-state index in [2.05, 4.69) is 5.32 Å². The van der Waals surface area contributed by atoms with Gasteiger partial charge in [-0.3, -0.25) is 10.1 Å². The number of nitrogens with zero attached hydrogens (tertiary/aromatic N) is 1. The van der Waals surface area contributed by atoms with Crippen molar-refractivity contribution in [2.45, 2.75) is 0 Å². The number of benzene rings is 1. The molecule has 1 amide bonds. The first-order chi connectivity index (χ1) is 7.58. The smallest absolute Gasteiger partial charge is 0.274 e. The Bertz CT molecular complexity index is 481. The SMILES string of the molecule is CN1C(=S)NC(=O)/C1=C/c1ccc(F)cc1. The minimum Gasteiger partial charge on any atom is -0.317 e. The third-order valence-electron chi connectivity index (χ3n) is 2.29. The minimum absolute atomic E-state index is 0.239. The maximum Gasteiger partial charge on any atom is 0.274 e. The number of thiocarbonyl (C=S) groups is 1. The molecule has 0 aromatic heterocycles. The van der Waals surface area contributed by atoms with Gasteiger partial charge in [0, 0.05) is 7.05 Å². The molecule has 16 heavy (non-hydrogen) atoms. The highest BCUT2D eigenvalue weighted by atomic mass is 32.1. The van der Waals surface area contributed by atoms with Crippen LogP contribution in [0.3, 0.4) is 0 Å². The zero-order chi connectivity index (χ0) is 11.7. The number of carbonyl (C=O) groups is 1. The second-order valence-electron chi connectivity index (χ2n) is 3.40. The molecule has 0 saturated carbocycles. The summed E-state index contributed by atoms with van der Waals surface area (Å²) in [6, 6.07) is 5.89. The molecule has 0 radical (unpaired) electrons. The second kappa shape index (κ2) is 4.02. The Labute approximate surface area is 97.6 Å². The average molecular weight is 236 g/mol. The van der Waals surface area contributed by atoms with Gasteiger partial charge in [0.2, 0.25) is 0 Å². The lowest BCUT2D eigenvalue weighted by Crippen LogP contribution is -2.23. The molecule has 1 aromatic carbocycles. The molecule has 0 aliphatic carbocycles. The maximum atomic E-state index is 12.7. The van der Waals surface area contributed by atoms with Crippen LogP contribution in [0, 0.1) is 5.82 Å². The van der Waals surface area contributed by atoms with Crippen molar-refractivity contribution >= 4 is 29.3 Å². The molecule has 82 valence electrons. The van der Waals surface area contributed by atoms with Crippen LogP contribution in [0.4, 0.5) is 4.39 Å². The van der Waals surface area contributed by atoms with E-state index in [0.29, 0.717) is 10.8 Å². The van der Waals surface area contributed by atoms with Crippen LogP contribution in [-0.2, 0) is 4.79 Å². The van der Waals surface area contributed by atoms with Gasteiger partial charge in [-0.25, -0.2) is 4.39 Å². The van der Waals surface area contributed by atoms with Crippen molar-refractivity contribution in [3.05, 3.63) is 41.3 Å². The molecule has 1 aliphatic heterocycles. The minimum atomic E-state index is -0.304. The van der Waals surface area contributed by atoms with Gasteiger partial charge in [-0.2, -0.15) is 0 Å². The second-order valence-corrected chi connectivity index (χ2v) is 3.79. The summed E-state index contributed by atoms with van der Waals surface area (Å²) >= 11 is 4.93. The molecule has 3 nitrogen and oxygen atoms in total. The molecule has 1 fully saturated rings. The standard InChI is InChI=1S/C11H9FN2OS/c1-14-9(10(15)13-11(14)16)6-7-2-4-8(12)5-3-7/h2-6H,1H3,(H,13,15,16)/b9-6-. The summed E-state index contributed by atoms with van der Waals surface area (Å²) in [5.41, 5.74) is 1.21. The first-order valence-electron chi connectivity index (χ1n) is 4.64. The Morgan fingerprint density at radius 3 is 2.50 bits per heavy atom. The maximum absolute atomic E-state index is 12.7. The third kappa shape index (κ3) is 1.94. The zero-order valence-corrected chi connectivity index (χ0v) is 9.34. The number of hydrogen-bond donors (Lipinski definition) is 1. The van der Waals surface area contributed by atoms with Gasteiger partial charge >= 0.3 is 0 Å². The Kier molecular flexibility index (Phi) is 2.70. The summed E-state index contributed by atoms with van der Waals surface area (Å²) in [5.74, 6) is -0.543. The summed E-state index contributed by atoms with van der Waals surface area (Å²) < 4.78 is 12.7. The lowest BCUT2D eigenvalue weighted by atomic mass is 10.2. The topological polar surface area (TPSA) is 32.3 Å². The van der Waals surface area contributed by atoms with E-state index in [-0.39, 0.29) is 11.7 Å². The van der Waals surface area contributed by atoms with Gasteiger partial charge in [0.05, 0.1) is 0 Å². The summed E-state index contributed by atoms with van der Waals surface area (Å²) in [6.45, 7) is 0. The van der Waals surface area contributed by atoms with Crippen molar-refractivity contribution in [2.24, 2.45) is 0 Å². The van der Waals surface area contributed by atoms with Crippen molar-refractivity contribution in [3.8, 4) is 0 Å². The summed E-state index contributed by atoms with van der Waals surface area (Å²) in [4.78, 5) is 13.1. The lowest BCUT2D eigenvalue weighted by Gasteiger charge is -2.08. The number of rotatable bonds is 1. The van der Waals surface area contributed by atoms with E-state index in [0.717, 1.165) is 5.56 Å². The van der Waals surface area contributed by atoms with Crippen molar-refractivity contribution in [2.75, 3.05) is 7.05 Å². The zero-order valence-electron chi connectivity index (χ0n) is 8.53. The fourth-order valence-electron chi connectivity index (χ4n) is 1.39. The van der Waals surface area contributed by atoms with Crippen LogP contribution in [0.25, 0.3) is 6.08 Å². The molecule has 1 saturated heterocycles. The average Bonchev–Trinajstić information content (AvgIpc) is 2.48. The normalized spacial score (nSPS) is 18.1. The largest absolute Gasteiger partial charge is 0.317 e. The van der Waals surface area contributed by atoms with Gasteiger partial charge in [0.15, 0.2) is 5.11 Å². The molecule has 0 atom stereocenters. The van der Waals surface area contributed by atoms with Crippen molar-refractivity contribution in [3.63, 3.8) is 0 Å². The van der Waals surface area contributed by atoms with Gasteiger partial charge in [-0.1, -0.05) is 12.1 Å². The molecule has 0 unspecified atom stereocenters. The third-order valence-corrected chi connectivity index (χ3v) is 2.67. The quantitative estimate of drug-likeness (QED) is 0.592. The molecule has 0 bridgehead atoms. The summed E-state index contributed by atoms with van der Waals surface area (Å²) in [5, 5.41) is 2.90. The monoisotopic (exact) mass is 236 g/mol. The number of amides is 1. The molecule has 1 aromatic rings. The summed E-state index contributed by atoms with van der Waals surface area (Å²) in [7, 11) is 1.70. The van der Waals surface area contributed by atoms with Crippen LogP contribution in [0.15, 0.2) is 30.0 Å². The van der Waals surface area contributed by atoms with Crippen LogP contribution >= 0.6 is 12.2 Å². The van der Waals surface area contributed by atoms with Gasteiger partial charge in [0.25, 0.3) is 5.91 Å². The van der Waals surface area contributed by atoms with E-state index >= 15 is 0 Å². The highest BCUT2D eigenvalue weighted by Gasteiger charge is 2.26. The van der Waals surface area contributed by atoms with Crippen LogP contribution in [-0.4, -0.2) is 23.0 Å². The first kappa shape index (κ1) is 10.8. The van der Waals surface area contributed by atoms with Gasteiger partial charge < -0.3 is 4.90 Å². The lowest BCUT2D eigenvalue weighted by molar-refractivity contribution is -0.115. The Hall–Kier alpha value is -1.75. The molecule has 2 rings (SSSR count). The highest BCUT2D eigenvalue weighted by Crippen LogP contribution is 2.15. The van der Waals surface area contributed by atoms with Crippen LogP contribution in [0.5, 0.6) is 0 Å². The first-order valence-corrected chi connectivity index (χ1v) is 5.05. The van der Waals surface area contributed by atoms with Gasteiger partial charge in [0.1, 0.15) is 11.5 Å². The molecule has 1 heterocycles. The van der Waals surface area contributed by atoms with E-state index < -0.39 is 0 Å². The molecular formula is C11H9FN2OS. The van der Waals surface area contributed by atoms with Crippen LogP contribution in [0.1, 0.15) is 5.56 Å². The van der Waals surface area contributed by atoms with Crippen molar-refractivity contribution in [1.29, 1.82) is 0 Å². The van der Waals surface area contributed by atoms with Crippen LogP contribution < -0.4 is 5.32 Å². The fourth-order valence-corrected chi connectivity index (χ4v) is 1.58. The number of hydrogen-bond acceptors (Lipinski definition) is 2. The van der Waals surface area contributed by atoms with Crippen molar-refractivity contribution in [1.82, 2.24) is 10.2 Å². The van der Waals surface area contributed by atoms with E-state index in [1.54, 1.807) is 30.2 Å². The van der Waals surface area contributed by atoms with E-state index in [9.17, 15) is 9.18 Å². The predicted octanol–water partition coefficient (Wildman–Crippen LogP) is 1.51. The molecule has 5 heteroatoms. The summed E-state index contributed by atoms with van der Waals surface area (Å²) in [6.07, 6.45) is 1.66. The Morgan fingerprint density at radius 2 is 2.00 bits per heavy atom. The predicted molar refractivity (Wildman–Crippen MR) is 62.9 cm³/mol. The molecule has 1 N–H and O–H groups in total. The van der Waals surface area contributed by atoms with Gasteiger partial charge in [-0.05, 0) is 36.0 Å². The van der Waals surface area contributed by atoms with Crippen molar-refractivity contribution < 1.29 is 9.18 Å². The van der Waals surface area contributed by atoms with E-state index in [4.69, 9.17) is 12.2 Å².